The number of ether oxygens (including phenoxy) is 1. The van der Waals surface area contributed by atoms with Crippen LogP contribution in [0.5, 0.6) is 5.75 Å². The Morgan fingerprint density at radius 3 is 2.79 bits per heavy atom. The van der Waals surface area contributed by atoms with Crippen molar-refractivity contribution in [2.75, 3.05) is 20.2 Å². The van der Waals surface area contributed by atoms with Gasteiger partial charge in [0.15, 0.2) is 0 Å². The lowest BCUT2D eigenvalue weighted by Gasteiger charge is -2.17. The van der Waals surface area contributed by atoms with E-state index in [9.17, 15) is 9.59 Å². The summed E-state index contributed by atoms with van der Waals surface area (Å²) in [5, 5.41) is 9.39. The first-order chi connectivity index (χ1) is 9.02. The summed E-state index contributed by atoms with van der Waals surface area (Å²) in [4.78, 5) is 24.8. The van der Waals surface area contributed by atoms with Gasteiger partial charge in [0.1, 0.15) is 5.75 Å². The van der Waals surface area contributed by atoms with Crippen LogP contribution < -0.4 is 4.74 Å². The number of carbonyl (C=O) groups excluding carboxylic acids is 1. The normalized spacial score (nSPS) is 18.4. The van der Waals surface area contributed by atoms with Crippen molar-refractivity contribution in [3.05, 3.63) is 28.8 Å². The second-order valence-electron chi connectivity index (χ2n) is 4.42. The molecule has 1 fully saturated rings. The van der Waals surface area contributed by atoms with E-state index < -0.39 is 11.9 Å². The Morgan fingerprint density at radius 1 is 1.47 bits per heavy atom. The summed E-state index contributed by atoms with van der Waals surface area (Å²) in [7, 11) is 1.48. The zero-order valence-electron chi connectivity index (χ0n) is 10.4. The topological polar surface area (TPSA) is 66.8 Å². The van der Waals surface area contributed by atoms with Gasteiger partial charge >= 0.3 is 5.97 Å². The molecule has 19 heavy (non-hydrogen) atoms. The third kappa shape index (κ3) is 2.81. The lowest BCUT2D eigenvalue weighted by Crippen LogP contribution is -2.30. The largest absolute Gasteiger partial charge is 0.496 e. The molecule has 1 atom stereocenters. The summed E-state index contributed by atoms with van der Waals surface area (Å²) in [6.45, 7) is 0.662. The Morgan fingerprint density at radius 2 is 2.21 bits per heavy atom. The molecule has 0 spiro atoms. The number of hydrogen-bond donors (Lipinski definition) is 1. The maximum absolute atomic E-state index is 12.3. The summed E-state index contributed by atoms with van der Waals surface area (Å²) < 4.78 is 5.13. The maximum atomic E-state index is 12.3. The molecular formula is C13H14ClNO4. The molecule has 2 rings (SSSR count). The number of carboxylic acids is 1. The van der Waals surface area contributed by atoms with Crippen molar-refractivity contribution in [2.45, 2.75) is 6.42 Å². The molecule has 1 heterocycles. The number of methoxy groups -OCH3 is 1. The molecule has 0 saturated carbocycles. The van der Waals surface area contributed by atoms with E-state index in [-0.39, 0.29) is 12.5 Å². The van der Waals surface area contributed by atoms with Crippen LogP contribution in [0.3, 0.4) is 0 Å². The molecular weight excluding hydrogens is 270 g/mol. The van der Waals surface area contributed by atoms with E-state index in [1.54, 1.807) is 12.1 Å². The highest BCUT2D eigenvalue weighted by atomic mass is 35.5. The van der Waals surface area contributed by atoms with Gasteiger partial charge in [0.2, 0.25) is 0 Å². The minimum Gasteiger partial charge on any atom is -0.496 e. The summed E-state index contributed by atoms with van der Waals surface area (Å²) in [6.07, 6.45) is 0.476. The Hall–Kier alpha value is -1.75. The lowest BCUT2D eigenvalue weighted by atomic mass is 10.1. The number of carbonyl (C=O) groups is 2. The standard InChI is InChI=1S/C13H14ClNO4/c1-19-11-3-2-9(14)6-10(11)12(16)15-5-4-8(7-15)13(17)18/h2-3,6,8H,4-5,7H2,1H3,(H,17,18). The minimum atomic E-state index is -0.867. The van der Waals surface area contributed by atoms with Crippen molar-refractivity contribution < 1.29 is 19.4 Å². The van der Waals surface area contributed by atoms with Gasteiger partial charge in [-0.25, -0.2) is 0 Å². The van der Waals surface area contributed by atoms with Crippen molar-refractivity contribution >= 4 is 23.5 Å². The molecule has 6 heteroatoms. The number of nitrogens with zero attached hydrogens (tertiary/aromatic N) is 1. The van der Waals surface area contributed by atoms with Crippen LogP contribution in [0, 0.1) is 5.92 Å². The van der Waals surface area contributed by atoms with Gasteiger partial charge in [-0.15, -0.1) is 0 Å². The van der Waals surface area contributed by atoms with Crippen molar-refractivity contribution in [3.63, 3.8) is 0 Å². The van der Waals surface area contributed by atoms with Crippen LogP contribution in [0.4, 0.5) is 0 Å². The predicted molar refractivity (Wildman–Crippen MR) is 69.7 cm³/mol. The molecule has 102 valence electrons. The Labute approximate surface area is 115 Å². The van der Waals surface area contributed by atoms with E-state index in [4.69, 9.17) is 21.4 Å². The number of halogens is 1. The van der Waals surface area contributed by atoms with Crippen LogP contribution in [0.2, 0.25) is 5.02 Å². The summed E-state index contributed by atoms with van der Waals surface area (Å²) in [5.41, 5.74) is 0.362. The summed E-state index contributed by atoms with van der Waals surface area (Å²) in [6, 6.07) is 4.80. The Balaban J connectivity index is 2.21. The van der Waals surface area contributed by atoms with E-state index in [2.05, 4.69) is 0 Å². The fourth-order valence-corrected chi connectivity index (χ4v) is 2.34. The number of likely N-dealkylation sites (tertiary alicyclic amines) is 1. The van der Waals surface area contributed by atoms with Crippen LogP contribution in [-0.2, 0) is 4.79 Å². The van der Waals surface area contributed by atoms with E-state index in [1.165, 1.54) is 18.1 Å². The van der Waals surface area contributed by atoms with Crippen molar-refractivity contribution in [1.82, 2.24) is 4.90 Å². The van der Waals surface area contributed by atoms with Gasteiger partial charge in [-0.2, -0.15) is 0 Å². The summed E-state index contributed by atoms with van der Waals surface area (Å²) >= 11 is 5.88. The van der Waals surface area contributed by atoms with Gasteiger partial charge in [-0.3, -0.25) is 9.59 Å². The van der Waals surface area contributed by atoms with Gasteiger partial charge in [0.05, 0.1) is 18.6 Å². The second kappa shape index (κ2) is 5.48. The van der Waals surface area contributed by atoms with Gasteiger partial charge in [-0.1, -0.05) is 11.6 Å². The van der Waals surface area contributed by atoms with Gasteiger partial charge < -0.3 is 14.7 Å². The lowest BCUT2D eigenvalue weighted by molar-refractivity contribution is -0.141. The highest BCUT2D eigenvalue weighted by Gasteiger charge is 2.32. The Kier molecular flexibility index (Phi) is 3.95. The molecule has 1 aliphatic rings. The van der Waals surface area contributed by atoms with Crippen LogP contribution in [0.15, 0.2) is 18.2 Å². The third-order valence-electron chi connectivity index (χ3n) is 3.22. The van der Waals surface area contributed by atoms with Crippen LogP contribution in [0.1, 0.15) is 16.8 Å². The number of benzene rings is 1. The zero-order chi connectivity index (χ0) is 14.0. The molecule has 1 aliphatic heterocycles. The van der Waals surface area contributed by atoms with Crippen LogP contribution in [-0.4, -0.2) is 42.1 Å². The van der Waals surface area contributed by atoms with E-state index in [0.29, 0.717) is 29.3 Å². The third-order valence-corrected chi connectivity index (χ3v) is 3.45. The highest BCUT2D eigenvalue weighted by molar-refractivity contribution is 6.31. The first-order valence-electron chi connectivity index (χ1n) is 5.88. The molecule has 1 aromatic carbocycles. The molecule has 0 bridgehead atoms. The monoisotopic (exact) mass is 283 g/mol. The fraction of sp³-hybridized carbons (Fsp3) is 0.385. The maximum Gasteiger partial charge on any atom is 0.308 e. The minimum absolute atomic E-state index is 0.226. The zero-order valence-corrected chi connectivity index (χ0v) is 11.2. The van der Waals surface area contributed by atoms with Gasteiger partial charge in [0, 0.05) is 18.1 Å². The number of amides is 1. The highest BCUT2D eigenvalue weighted by Crippen LogP contribution is 2.26. The van der Waals surface area contributed by atoms with E-state index >= 15 is 0 Å². The molecule has 0 aromatic heterocycles. The molecule has 1 unspecified atom stereocenters. The number of carboxylic acid groups (broad SMARTS) is 1. The first-order valence-corrected chi connectivity index (χ1v) is 6.26. The predicted octanol–water partition coefficient (Wildman–Crippen LogP) is 1.90. The summed E-state index contributed by atoms with van der Waals surface area (Å²) in [5.74, 6) is -1.17. The smallest absolute Gasteiger partial charge is 0.308 e. The molecule has 0 aliphatic carbocycles. The van der Waals surface area contributed by atoms with Gasteiger partial charge in [-0.05, 0) is 24.6 Å². The van der Waals surface area contributed by atoms with Crippen molar-refractivity contribution in [1.29, 1.82) is 0 Å². The Bertz CT molecular complexity index is 517. The molecule has 5 nitrogen and oxygen atoms in total. The average molecular weight is 284 g/mol. The molecule has 1 aromatic rings. The SMILES string of the molecule is COc1ccc(Cl)cc1C(=O)N1CCC(C(=O)O)C1. The molecule has 0 radical (unpaired) electrons. The molecule has 1 N–H and O–H groups in total. The molecule has 1 amide bonds. The van der Waals surface area contributed by atoms with Crippen LogP contribution >= 0.6 is 11.6 Å². The van der Waals surface area contributed by atoms with Crippen LogP contribution in [0.25, 0.3) is 0 Å². The quantitative estimate of drug-likeness (QED) is 0.920. The average Bonchev–Trinajstić information content (AvgIpc) is 2.87. The van der Waals surface area contributed by atoms with Crippen molar-refractivity contribution in [2.24, 2.45) is 5.92 Å². The number of aliphatic carboxylic acids is 1. The van der Waals surface area contributed by atoms with E-state index in [0.717, 1.165) is 0 Å². The van der Waals surface area contributed by atoms with E-state index in [1.807, 2.05) is 0 Å². The van der Waals surface area contributed by atoms with Gasteiger partial charge in [0.25, 0.3) is 5.91 Å². The fourth-order valence-electron chi connectivity index (χ4n) is 2.16. The first kappa shape index (κ1) is 13.7. The number of hydrogen-bond acceptors (Lipinski definition) is 3. The van der Waals surface area contributed by atoms with Crippen molar-refractivity contribution in [3.8, 4) is 5.75 Å². The number of rotatable bonds is 3. The molecule has 1 saturated heterocycles. The second-order valence-corrected chi connectivity index (χ2v) is 4.86.